The van der Waals surface area contributed by atoms with Gasteiger partial charge in [0, 0.05) is 18.3 Å². The number of nitrogens with zero attached hydrogens (tertiary/aromatic N) is 4. The van der Waals surface area contributed by atoms with Crippen LogP contribution in [0.15, 0.2) is 60.9 Å². The van der Waals surface area contributed by atoms with Crippen molar-refractivity contribution in [3.63, 3.8) is 0 Å². The van der Waals surface area contributed by atoms with E-state index in [2.05, 4.69) is 44.9 Å². The highest BCUT2D eigenvalue weighted by molar-refractivity contribution is 5.96. The van der Waals surface area contributed by atoms with Crippen LogP contribution in [0.4, 0.5) is 0 Å². The van der Waals surface area contributed by atoms with Crippen molar-refractivity contribution in [2.75, 3.05) is 6.54 Å². The minimum atomic E-state index is -1.19. The Morgan fingerprint density at radius 3 is 2.71 bits per heavy atom. The van der Waals surface area contributed by atoms with Gasteiger partial charge in [-0.3, -0.25) is 14.3 Å². The van der Waals surface area contributed by atoms with Gasteiger partial charge in [-0.1, -0.05) is 47.7 Å². The van der Waals surface area contributed by atoms with E-state index in [1.165, 1.54) is 28.6 Å². The number of hydrogen-bond acceptors (Lipinski definition) is 6. The number of aryl methyl sites for hydroxylation is 2. The van der Waals surface area contributed by atoms with Crippen molar-refractivity contribution in [2.45, 2.75) is 13.0 Å². The lowest BCUT2D eigenvalue weighted by Crippen LogP contribution is -2.29. The van der Waals surface area contributed by atoms with E-state index in [1.807, 2.05) is 18.2 Å². The molecule has 0 saturated carbocycles. The Morgan fingerprint density at radius 1 is 1.10 bits per heavy atom. The number of aromatic nitrogens is 4. The Labute approximate surface area is 177 Å². The number of amides is 1. The monoisotopic (exact) mass is 417 g/mol. The van der Waals surface area contributed by atoms with Crippen LogP contribution in [0, 0.1) is 0 Å². The lowest BCUT2D eigenvalue weighted by molar-refractivity contribution is -0.135. The van der Waals surface area contributed by atoms with Crippen LogP contribution in [0.1, 0.15) is 16.1 Å². The van der Waals surface area contributed by atoms with Crippen molar-refractivity contribution < 1.29 is 19.8 Å². The number of carbonyl (C=O) groups excluding carboxylic acids is 1. The molecule has 1 amide bonds. The zero-order valence-electron chi connectivity index (χ0n) is 16.4. The molecule has 2 aromatic carbocycles. The molecular formula is C22H19N5O4. The van der Waals surface area contributed by atoms with Gasteiger partial charge >= 0.3 is 5.97 Å². The molecule has 9 heteroatoms. The number of carbonyl (C=O) groups is 2. The van der Waals surface area contributed by atoms with E-state index in [9.17, 15) is 14.7 Å². The van der Waals surface area contributed by atoms with Crippen LogP contribution >= 0.6 is 0 Å². The highest BCUT2D eigenvalue weighted by Gasteiger charge is 2.16. The van der Waals surface area contributed by atoms with Crippen LogP contribution in [0.25, 0.3) is 22.0 Å². The third kappa shape index (κ3) is 4.50. The maximum Gasteiger partial charge on any atom is 0.322 e. The zero-order valence-corrected chi connectivity index (χ0v) is 16.4. The molecule has 2 aromatic heterocycles. The third-order valence-electron chi connectivity index (χ3n) is 4.81. The van der Waals surface area contributed by atoms with Gasteiger partial charge < -0.3 is 15.5 Å². The molecular weight excluding hydrogens is 398 g/mol. The highest BCUT2D eigenvalue weighted by Crippen LogP contribution is 2.23. The van der Waals surface area contributed by atoms with Gasteiger partial charge in [-0.2, -0.15) is 0 Å². The minimum absolute atomic E-state index is 0.256. The number of aromatic hydroxyl groups is 1. The largest absolute Gasteiger partial charge is 0.505 e. The molecule has 0 fully saturated rings. The van der Waals surface area contributed by atoms with Crippen LogP contribution in [-0.4, -0.2) is 48.6 Å². The molecule has 0 aliphatic heterocycles. The summed E-state index contributed by atoms with van der Waals surface area (Å²) in [7, 11) is 0. The summed E-state index contributed by atoms with van der Waals surface area (Å²) >= 11 is 0. The number of hydrogen-bond donors (Lipinski definition) is 3. The van der Waals surface area contributed by atoms with Crippen molar-refractivity contribution in [2.24, 2.45) is 0 Å². The van der Waals surface area contributed by atoms with Crippen LogP contribution in [-0.2, 0) is 17.8 Å². The standard InChI is InChI=1S/C22H19N5O4/c28-19-10-16(11-23-21(19)22(31)24-12-20(29)30)18-13-27(26-25-18)9-8-15-6-3-5-14-4-1-2-7-17(14)15/h1-7,10-11,13,28H,8-9,12H2,(H,24,31)(H,29,30). The summed E-state index contributed by atoms with van der Waals surface area (Å²) in [6, 6.07) is 15.8. The molecule has 0 saturated heterocycles. The van der Waals surface area contributed by atoms with Crippen molar-refractivity contribution in [1.82, 2.24) is 25.3 Å². The number of benzene rings is 2. The molecule has 0 atom stereocenters. The first-order valence-corrected chi connectivity index (χ1v) is 9.57. The topological polar surface area (TPSA) is 130 Å². The van der Waals surface area contributed by atoms with Gasteiger partial charge in [-0.05, 0) is 28.8 Å². The molecule has 31 heavy (non-hydrogen) atoms. The van der Waals surface area contributed by atoms with Crippen LogP contribution in [0.3, 0.4) is 0 Å². The normalized spacial score (nSPS) is 10.8. The number of carboxylic acid groups (broad SMARTS) is 1. The number of aliphatic carboxylic acids is 1. The van der Waals surface area contributed by atoms with Gasteiger partial charge in [-0.15, -0.1) is 5.10 Å². The van der Waals surface area contributed by atoms with Crippen molar-refractivity contribution >= 4 is 22.6 Å². The van der Waals surface area contributed by atoms with E-state index in [1.54, 1.807) is 10.9 Å². The third-order valence-corrected chi connectivity index (χ3v) is 4.81. The fraction of sp³-hybridized carbons (Fsp3) is 0.136. The smallest absolute Gasteiger partial charge is 0.322 e. The number of fused-ring (bicyclic) bond motifs is 1. The van der Waals surface area contributed by atoms with Crippen LogP contribution < -0.4 is 5.32 Å². The minimum Gasteiger partial charge on any atom is -0.505 e. The SMILES string of the molecule is O=C(O)CNC(=O)c1ncc(-c2cn(CCc3cccc4ccccc34)nn2)cc1O. The molecule has 0 spiro atoms. The molecule has 0 aliphatic rings. The Morgan fingerprint density at radius 2 is 1.90 bits per heavy atom. The van der Waals surface area contributed by atoms with Crippen molar-refractivity contribution in [1.29, 1.82) is 0 Å². The van der Waals surface area contributed by atoms with Gasteiger partial charge in [0.25, 0.3) is 5.91 Å². The number of nitrogens with one attached hydrogen (secondary N) is 1. The van der Waals surface area contributed by atoms with E-state index < -0.39 is 18.4 Å². The zero-order chi connectivity index (χ0) is 21.8. The summed E-state index contributed by atoms with van der Waals surface area (Å²) in [4.78, 5) is 26.4. The molecule has 9 nitrogen and oxygen atoms in total. The summed E-state index contributed by atoms with van der Waals surface area (Å²) in [5.74, 6) is -2.33. The fourth-order valence-corrected chi connectivity index (χ4v) is 3.29. The van der Waals surface area contributed by atoms with Gasteiger partial charge in [0.15, 0.2) is 5.69 Å². The Balaban J connectivity index is 1.46. The van der Waals surface area contributed by atoms with Crippen molar-refractivity contribution in [3.8, 4) is 17.0 Å². The van der Waals surface area contributed by atoms with E-state index in [4.69, 9.17) is 5.11 Å². The second-order valence-electron chi connectivity index (χ2n) is 6.92. The average molecular weight is 417 g/mol. The van der Waals surface area contributed by atoms with E-state index in [0.29, 0.717) is 17.8 Å². The molecule has 4 rings (SSSR count). The van der Waals surface area contributed by atoms with Gasteiger partial charge in [0.05, 0.1) is 6.20 Å². The van der Waals surface area contributed by atoms with Crippen molar-refractivity contribution in [3.05, 3.63) is 72.2 Å². The lowest BCUT2D eigenvalue weighted by Gasteiger charge is -2.06. The maximum absolute atomic E-state index is 11.9. The predicted octanol–water partition coefficient (Wildman–Crippen LogP) is 2.26. The molecule has 4 aromatic rings. The first-order chi connectivity index (χ1) is 15.0. The second kappa shape index (κ2) is 8.62. The predicted molar refractivity (Wildman–Crippen MR) is 113 cm³/mol. The number of pyridine rings is 1. The second-order valence-corrected chi connectivity index (χ2v) is 6.92. The van der Waals surface area contributed by atoms with E-state index in [0.717, 1.165) is 6.42 Å². The molecule has 0 bridgehead atoms. The Kier molecular flexibility index (Phi) is 5.57. The molecule has 156 valence electrons. The molecule has 2 heterocycles. The van der Waals surface area contributed by atoms with E-state index >= 15 is 0 Å². The molecule has 0 aliphatic carbocycles. The summed E-state index contributed by atoms with van der Waals surface area (Å²) < 4.78 is 1.71. The highest BCUT2D eigenvalue weighted by atomic mass is 16.4. The molecule has 0 radical (unpaired) electrons. The summed E-state index contributed by atoms with van der Waals surface area (Å²) in [6.45, 7) is 0.0584. The molecule has 3 N–H and O–H groups in total. The molecule has 0 unspecified atom stereocenters. The maximum atomic E-state index is 11.9. The Bertz CT molecular complexity index is 1260. The van der Waals surface area contributed by atoms with Crippen LogP contribution in [0.2, 0.25) is 0 Å². The first kappa shape index (κ1) is 20.0. The average Bonchev–Trinajstić information content (AvgIpc) is 3.25. The fourth-order valence-electron chi connectivity index (χ4n) is 3.29. The van der Waals surface area contributed by atoms with Crippen LogP contribution in [0.5, 0.6) is 5.75 Å². The lowest BCUT2D eigenvalue weighted by atomic mass is 10.0. The van der Waals surface area contributed by atoms with Gasteiger partial charge in [0.2, 0.25) is 0 Å². The van der Waals surface area contributed by atoms with Gasteiger partial charge in [0.1, 0.15) is 18.0 Å². The quantitative estimate of drug-likeness (QED) is 0.420. The Hall–Kier alpha value is -4.27. The first-order valence-electron chi connectivity index (χ1n) is 9.57. The van der Waals surface area contributed by atoms with E-state index in [-0.39, 0.29) is 11.4 Å². The number of rotatable bonds is 7. The number of carboxylic acids is 1. The summed E-state index contributed by atoms with van der Waals surface area (Å²) in [5.41, 5.74) is 1.95. The summed E-state index contributed by atoms with van der Waals surface area (Å²) in [6.07, 6.45) is 3.90. The summed E-state index contributed by atoms with van der Waals surface area (Å²) in [5, 5.41) is 31.6. The van der Waals surface area contributed by atoms with Gasteiger partial charge in [-0.25, -0.2) is 4.98 Å².